The number of sulfonamides is 1. The summed E-state index contributed by atoms with van der Waals surface area (Å²) in [6.45, 7) is 2.95. The Kier molecular flexibility index (Phi) is 4.45. The van der Waals surface area contributed by atoms with Crippen molar-refractivity contribution in [3.05, 3.63) is 18.3 Å². The van der Waals surface area contributed by atoms with Gasteiger partial charge in [0.25, 0.3) is 10.0 Å². The van der Waals surface area contributed by atoms with Crippen molar-refractivity contribution in [3.63, 3.8) is 0 Å². The Morgan fingerprint density at radius 1 is 1.47 bits per heavy atom. The van der Waals surface area contributed by atoms with Crippen LogP contribution >= 0.6 is 0 Å². The first kappa shape index (κ1) is 15.3. The van der Waals surface area contributed by atoms with E-state index in [1.54, 1.807) is 19.9 Å². The molecule has 19 heavy (non-hydrogen) atoms. The first-order valence-electron chi connectivity index (χ1n) is 5.42. The summed E-state index contributed by atoms with van der Waals surface area (Å²) in [5.74, 6) is 4.62. The lowest BCUT2D eigenvalue weighted by atomic mass is 9.93. The Morgan fingerprint density at radius 2 is 2.11 bits per heavy atom. The average Bonchev–Trinajstić information content (AvgIpc) is 2.36. The van der Waals surface area contributed by atoms with Crippen LogP contribution in [0.15, 0.2) is 23.4 Å². The van der Waals surface area contributed by atoms with E-state index in [0.717, 1.165) is 0 Å². The molecule has 0 bridgehead atoms. The van der Waals surface area contributed by atoms with Gasteiger partial charge in [-0.25, -0.2) is 18.1 Å². The van der Waals surface area contributed by atoms with E-state index in [9.17, 15) is 13.2 Å². The fraction of sp³-hybridized carbons (Fsp3) is 0.400. The molecule has 0 spiro atoms. The molecule has 0 atom stereocenters. The molecule has 0 aliphatic carbocycles. The van der Waals surface area contributed by atoms with Gasteiger partial charge in [0.05, 0.1) is 11.1 Å². The molecule has 8 nitrogen and oxygen atoms in total. The summed E-state index contributed by atoms with van der Waals surface area (Å²) >= 11 is 0. The van der Waals surface area contributed by atoms with Crippen molar-refractivity contribution in [3.8, 4) is 0 Å². The third-order valence-corrected chi connectivity index (χ3v) is 3.91. The summed E-state index contributed by atoms with van der Waals surface area (Å²) in [5.41, 5.74) is 6.58. The zero-order chi connectivity index (χ0) is 14.7. The second-order valence-corrected chi connectivity index (χ2v) is 6.26. The van der Waals surface area contributed by atoms with Gasteiger partial charge in [-0.1, -0.05) is 0 Å². The maximum absolute atomic E-state index is 12.1. The Morgan fingerprint density at radius 3 is 2.63 bits per heavy atom. The van der Waals surface area contributed by atoms with Crippen LogP contribution in [0.1, 0.15) is 13.8 Å². The van der Waals surface area contributed by atoms with Crippen LogP contribution in [-0.2, 0) is 14.8 Å². The summed E-state index contributed by atoms with van der Waals surface area (Å²) in [4.78, 5) is 14.9. The fourth-order valence-corrected chi connectivity index (χ4v) is 2.45. The standard InChI is InChI=1S/C10H17N5O3S/c1-10(2,9(11)16)6-14-19(17,18)8-7(15-12)4-3-5-13-8/h3-5,14-15H,6,12H2,1-2H3,(H2,11,16). The number of primary amides is 1. The molecule has 0 radical (unpaired) electrons. The van der Waals surface area contributed by atoms with Crippen LogP contribution in [-0.4, -0.2) is 25.9 Å². The Hall–Kier alpha value is -1.71. The van der Waals surface area contributed by atoms with E-state index in [1.165, 1.54) is 12.3 Å². The van der Waals surface area contributed by atoms with Gasteiger partial charge in [0.2, 0.25) is 5.91 Å². The molecular weight excluding hydrogens is 270 g/mol. The smallest absolute Gasteiger partial charge is 0.260 e. The molecule has 1 aromatic rings. The number of hydrogen-bond donors (Lipinski definition) is 4. The number of hydrogen-bond acceptors (Lipinski definition) is 6. The van der Waals surface area contributed by atoms with Gasteiger partial charge < -0.3 is 11.2 Å². The molecule has 0 saturated heterocycles. The number of carbonyl (C=O) groups excluding carboxylic acids is 1. The minimum atomic E-state index is -3.88. The number of pyridine rings is 1. The largest absolute Gasteiger partial charge is 0.369 e. The quantitative estimate of drug-likeness (QED) is 0.397. The monoisotopic (exact) mass is 287 g/mol. The SMILES string of the molecule is CC(C)(CNS(=O)(=O)c1ncccc1NN)C(N)=O. The summed E-state index contributed by atoms with van der Waals surface area (Å²) in [5, 5.41) is -0.238. The maximum atomic E-state index is 12.1. The maximum Gasteiger partial charge on any atom is 0.260 e. The lowest BCUT2D eigenvalue weighted by Crippen LogP contribution is -2.42. The van der Waals surface area contributed by atoms with Gasteiger partial charge in [-0.2, -0.15) is 0 Å². The number of nitrogens with zero attached hydrogens (tertiary/aromatic N) is 1. The van der Waals surface area contributed by atoms with Crippen LogP contribution in [0.5, 0.6) is 0 Å². The van der Waals surface area contributed by atoms with E-state index in [-0.39, 0.29) is 17.3 Å². The molecule has 0 aliphatic heterocycles. The number of carbonyl (C=O) groups is 1. The predicted octanol–water partition coefficient (Wildman–Crippen LogP) is -0.843. The Balaban J connectivity index is 2.97. The second kappa shape index (κ2) is 5.51. The summed E-state index contributed by atoms with van der Waals surface area (Å²) < 4.78 is 26.4. The van der Waals surface area contributed by atoms with Gasteiger partial charge in [-0.05, 0) is 26.0 Å². The third-order valence-electron chi connectivity index (χ3n) is 2.55. The number of aromatic nitrogens is 1. The van der Waals surface area contributed by atoms with Crippen molar-refractivity contribution in [1.82, 2.24) is 9.71 Å². The Bertz CT molecular complexity index is 570. The highest BCUT2D eigenvalue weighted by Gasteiger charge is 2.28. The topological polar surface area (TPSA) is 140 Å². The summed E-state index contributed by atoms with van der Waals surface area (Å²) in [7, 11) is -3.88. The molecule has 0 unspecified atom stereocenters. The van der Waals surface area contributed by atoms with Gasteiger partial charge >= 0.3 is 0 Å². The van der Waals surface area contributed by atoms with Crippen molar-refractivity contribution in [2.75, 3.05) is 12.0 Å². The number of anilines is 1. The van der Waals surface area contributed by atoms with Crippen molar-refractivity contribution >= 4 is 21.6 Å². The average molecular weight is 287 g/mol. The first-order chi connectivity index (χ1) is 8.70. The molecule has 1 rings (SSSR count). The lowest BCUT2D eigenvalue weighted by molar-refractivity contribution is -0.125. The normalized spacial score (nSPS) is 12.2. The Labute approximate surface area is 111 Å². The molecule has 1 aromatic heterocycles. The predicted molar refractivity (Wildman–Crippen MR) is 70.2 cm³/mol. The highest BCUT2D eigenvalue weighted by atomic mass is 32.2. The molecule has 0 fully saturated rings. The van der Waals surface area contributed by atoms with Crippen molar-refractivity contribution < 1.29 is 13.2 Å². The molecule has 106 valence electrons. The minimum absolute atomic E-state index is 0.134. The van der Waals surface area contributed by atoms with Crippen LogP contribution in [0.25, 0.3) is 0 Å². The van der Waals surface area contributed by atoms with Gasteiger partial charge in [0, 0.05) is 12.7 Å². The number of hydrazine groups is 1. The number of nitrogen functional groups attached to an aromatic ring is 1. The molecule has 6 N–H and O–H groups in total. The molecule has 0 saturated carbocycles. The summed E-state index contributed by atoms with van der Waals surface area (Å²) in [6, 6.07) is 3.02. The number of nitrogens with two attached hydrogens (primary N) is 2. The zero-order valence-electron chi connectivity index (χ0n) is 10.7. The van der Waals surface area contributed by atoms with Crippen LogP contribution < -0.4 is 21.7 Å². The minimum Gasteiger partial charge on any atom is -0.369 e. The summed E-state index contributed by atoms with van der Waals surface area (Å²) in [6.07, 6.45) is 1.33. The second-order valence-electron chi connectivity index (χ2n) is 4.57. The molecule has 0 aromatic carbocycles. The fourth-order valence-electron chi connectivity index (χ4n) is 1.15. The molecule has 0 aliphatic rings. The molecule has 1 amide bonds. The highest BCUT2D eigenvalue weighted by molar-refractivity contribution is 7.89. The van der Waals surface area contributed by atoms with E-state index in [4.69, 9.17) is 11.6 Å². The molecular formula is C10H17N5O3S. The van der Waals surface area contributed by atoms with Gasteiger partial charge in [-0.15, -0.1) is 0 Å². The van der Waals surface area contributed by atoms with Gasteiger partial charge in [-0.3, -0.25) is 10.6 Å². The number of rotatable bonds is 6. The molecule has 9 heteroatoms. The van der Waals surface area contributed by atoms with Crippen LogP contribution in [0.2, 0.25) is 0 Å². The van der Waals surface area contributed by atoms with Crippen molar-refractivity contribution in [2.24, 2.45) is 17.0 Å². The van der Waals surface area contributed by atoms with Gasteiger partial charge in [0.15, 0.2) is 5.03 Å². The number of nitrogens with one attached hydrogen (secondary N) is 2. The van der Waals surface area contributed by atoms with Crippen molar-refractivity contribution in [1.29, 1.82) is 0 Å². The molecule has 1 heterocycles. The highest BCUT2D eigenvalue weighted by Crippen LogP contribution is 2.18. The van der Waals surface area contributed by atoms with E-state index >= 15 is 0 Å². The van der Waals surface area contributed by atoms with Crippen LogP contribution in [0.3, 0.4) is 0 Å². The van der Waals surface area contributed by atoms with Gasteiger partial charge in [0.1, 0.15) is 0 Å². The van der Waals surface area contributed by atoms with E-state index < -0.39 is 21.3 Å². The lowest BCUT2D eigenvalue weighted by Gasteiger charge is -2.20. The van der Waals surface area contributed by atoms with Crippen LogP contribution in [0, 0.1) is 5.41 Å². The first-order valence-corrected chi connectivity index (χ1v) is 6.90. The van der Waals surface area contributed by atoms with E-state index in [2.05, 4.69) is 15.1 Å². The third kappa shape index (κ3) is 3.63. The van der Waals surface area contributed by atoms with E-state index in [1.807, 2.05) is 0 Å². The number of amides is 1. The van der Waals surface area contributed by atoms with Crippen LogP contribution in [0.4, 0.5) is 5.69 Å². The zero-order valence-corrected chi connectivity index (χ0v) is 11.5. The van der Waals surface area contributed by atoms with Crippen molar-refractivity contribution in [2.45, 2.75) is 18.9 Å². The van der Waals surface area contributed by atoms with E-state index in [0.29, 0.717) is 0 Å².